The van der Waals surface area contributed by atoms with E-state index in [1.807, 2.05) is 121 Å². The Labute approximate surface area is 280 Å². The molecule has 1 fully saturated rings. The monoisotopic (exact) mass is 650 g/mol. The number of hydrogen-bond acceptors (Lipinski definition) is 6. The summed E-state index contributed by atoms with van der Waals surface area (Å²) >= 11 is 0. The Bertz CT molecular complexity index is 1520. The van der Waals surface area contributed by atoms with Crippen LogP contribution in [-0.4, -0.2) is 56.4 Å². The highest BCUT2D eigenvalue weighted by Gasteiger charge is 2.50. The Hall–Kier alpha value is -3.58. The maximum atomic E-state index is 11.6. The van der Waals surface area contributed by atoms with Crippen molar-refractivity contribution in [1.29, 1.82) is 0 Å². The molecule has 47 heavy (non-hydrogen) atoms. The van der Waals surface area contributed by atoms with Crippen LogP contribution < -0.4 is 0 Å². The first-order valence-electron chi connectivity index (χ1n) is 16.3. The van der Waals surface area contributed by atoms with Gasteiger partial charge in [0.25, 0.3) is 0 Å². The number of rotatable bonds is 14. The summed E-state index contributed by atoms with van der Waals surface area (Å²) in [6, 6.07) is 40.1. The minimum absolute atomic E-state index is 0.232. The predicted octanol–water partition coefficient (Wildman–Crippen LogP) is 6.97. The molecule has 0 amide bonds. The molecule has 0 aromatic heterocycles. The van der Waals surface area contributed by atoms with Crippen LogP contribution in [0.3, 0.4) is 0 Å². The van der Waals surface area contributed by atoms with Crippen molar-refractivity contribution in [3.8, 4) is 11.5 Å². The molecular formula is C40H46O6Si. The second kappa shape index (κ2) is 17.5. The van der Waals surface area contributed by atoms with E-state index in [0.29, 0.717) is 26.4 Å². The Morgan fingerprint density at radius 3 is 1.45 bits per heavy atom. The zero-order valence-electron chi connectivity index (χ0n) is 27.5. The smallest absolute Gasteiger partial charge is 0.142 e. The summed E-state index contributed by atoms with van der Waals surface area (Å²) in [6.45, 7) is 8.09. The number of aliphatic hydroxyl groups is 1. The molecule has 4 aromatic rings. The maximum Gasteiger partial charge on any atom is 0.142 e. The van der Waals surface area contributed by atoms with Gasteiger partial charge in [0.2, 0.25) is 0 Å². The standard InChI is InChI=1S/C40H46O6Si/c1-47(2,3)25-24-35(41)37-39(44-28-33-20-12-6-13-21-33)40(45-29-34-22-14-7-15-23-34)38(43-27-32-18-10-5-11-19-32)36(46-37)30-42-26-31-16-8-4-9-17-31/h4-23,35-41H,26-30H2,1-3H3/t35-,36+,37-,38+,39-,40-/m0/s1. The molecule has 0 spiro atoms. The molecule has 4 aromatic carbocycles. The Balaban J connectivity index is 1.48. The highest BCUT2D eigenvalue weighted by atomic mass is 28.3. The van der Waals surface area contributed by atoms with E-state index in [1.54, 1.807) is 0 Å². The van der Waals surface area contributed by atoms with Gasteiger partial charge in [0.15, 0.2) is 0 Å². The lowest BCUT2D eigenvalue weighted by atomic mass is 9.91. The molecule has 0 aliphatic carbocycles. The van der Waals surface area contributed by atoms with E-state index < -0.39 is 44.7 Å². The van der Waals surface area contributed by atoms with Gasteiger partial charge in [0.05, 0.1) is 33.0 Å². The number of ether oxygens (including phenoxy) is 5. The molecular weight excluding hydrogens is 605 g/mol. The van der Waals surface area contributed by atoms with Crippen LogP contribution in [0.2, 0.25) is 19.6 Å². The fraction of sp³-hybridized carbons (Fsp3) is 0.350. The lowest BCUT2D eigenvalue weighted by molar-refractivity contribution is -0.282. The minimum Gasteiger partial charge on any atom is -0.378 e. The molecule has 1 aliphatic rings. The normalized spacial score (nSPS) is 21.8. The van der Waals surface area contributed by atoms with Gasteiger partial charge in [-0.3, -0.25) is 0 Å². The average molecular weight is 651 g/mol. The van der Waals surface area contributed by atoms with Crippen molar-refractivity contribution in [1.82, 2.24) is 0 Å². The van der Waals surface area contributed by atoms with Crippen LogP contribution in [0.5, 0.6) is 0 Å². The molecule has 0 bridgehead atoms. The highest BCUT2D eigenvalue weighted by molar-refractivity contribution is 6.83. The van der Waals surface area contributed by atoms with E-state index >= 15 is 0 Å². The van der Waals surface area contributed by atoms with Crippen LogP contribution in [0.4, 0.5) is 0 Å². The second-order valence-electron chi connectivity index (χ2n) is 12.9. The van der Waals surface area contributed by atoms with Crippen molar-refractivity contribution in [3.63, 3.8) is 0 Å². The minimum atomic E-state index is -1.79. The van der Waals surface area contributed by atoms with E-state index in [4.69, 9.17) is 23.7 Å². The molecule has 6 atom stereocenters. The van der Waals surface area contributed by atoms with Crippen molar-refractivity contribution in [3.05, 3.63) is 144 Å². The Kier molecular flexibility index (Phi) is 13.0. The van der Waals surface area contributed by atoms with Crippen LogP contribution in [0.25, 0.3) is 0 Å². The van der Waals surface area contributed by atoms with Gasteiger partial charge in [-0.05, 0) is 22.3 Å². The molecule has 0 saturated carbocycles. The molecule has 5 rings (SSSR count). The van der Waals surface area contributed by atoms with Gasteiger partial charge in [-0.25, -0.2) is 0 Å². The molecule has 1 N–H and O–H groups in total. The predicted molar refractivity (Wildman–Crippen MR) is 187 cm³/mol. The van der Waals surface area contributed by atoms with Crippen LogP contribution in [0.15, 0.2) is 121 Å². The van der Waals surface area contributed by atoms with Crippen LogP contribution in [-0.2, 0) is 50.1 Å². The van der Waals surface area contributed by atoms with Gasteiger partial charge in [-0.2, -0.15) is 0 Å². The summed E-state index contributed by atoms with van der Waals surface area (Å²) < 4.78 is 33.1. The second-order valence-corrected chi connectivity index (χ2v) is 17.6. The lowest BCUT2D eigenvalue weighted by Gasteiger charge is -2.47. The van der Waals surface area contributed by atoms with E-state index in [0.717, 1.165) is 22.3 Å². The van der Waals surface area contributed by atoms with Crippen molar-refractivity contribution in [2.24, 2.45) is 0 Å². The number of hydrogen-bond donors (Lipinski definition) is 1. The first-order chi connectivity index (χ1) is 22.9. The van der Waals surface area contributed by atoms with Gasteiger partial charge >= 0.3 is 0 Å². The van der Waals surface area contributed by atoms with Gasteiger partial charge in [-0.15, -0.1) is 5.54 Å². The van der Waals surface area contributed by atoms with Gasteiger partial charge < -0.3 is 28.8 Å². The third kappa shape index (κ3) is 11.0. The Morgan fingerprint density at radius 1 is 0.596 bits per heavy atom. The van der Waals surface area contributed by atoms with Gasteiger partial charge in [0.1, 0.15) is 44.7 Å². The fourth-order valence-corrected chi connectivity index (χ4v) is 6.03. The number of aliphatic hydroxyl groups excluding tert-OH is 1. The zero-order chi connectivity index (χ0) is 32.9. The maximum absolute atomic E-state index is 11.6. The van der Waals surface area contributed by atoms with E-state index in [-0.39, 0.29) is 6.61 Å². The largest absolute Gasteiger partial charge is 0.378 e. The molecule has 6 nitrogen and oxygen atoms in total. The summed E-state index contributed by atoms with van der Waals surface area (Å²) in [7, 11) is -1.79. The summed E-state index contributed by atoms with van der Waals surface area (Å²) in [5.41, 5.74) is 7.44. The SMILES string of the molecule is C[Si](C)(C)C#C[C@H](O)[C@@H]1O[C@H](COCc2ccccc2)[C@@H](OCc2ccccc2)[C@H](OCc2ccccc2)[C@H]1OCc1ccccc1. The van der Waals surface area contributed by atoms with Crippen molar-refractivity contribution < 1.29 is 28.8 Å². The van der Waals surface area contributed by atoms with E-state index in [9.17, 15) is 5.11 Å². The van der Waals surface area contributed by atoms with Crippen LogP contribution >= 0.6 is 0 Å². The van der Waals surface area contributed by atoms with Gasteiger partial charge in [0, 0.05) is 0 Å². The highest BCUT2D eigenvalue weighted by Crippen LogP contribution is 2.32. The van der Waals surface area contributed by atoms with Crippen LogP contribution in [0, 0.1) is 11.5 Å². The summed E-state index contributed by atoms with van der Waals surface area (Å²) in [5, 5.41) is 11.6. The van der Waals surface area contributed by atoms with Crippen molar-refractivity contribution in [2.75, 3.05) is 6.61 Å². The molecule has 0 unspecified atom stereocenters. The summed E-state index contributed by atoms with van der Waals surface area (Å²) in [5.74, 6) is 3.12. The van der Waals surface area contributed by atoms with E-state index in [1.165, 1.54) is 0 Å². The first kappa shape index (κ1) is 34.7. The van der Waals surface area contributed by atoms with Crippen molar-refractivity contribution in [2.45, 2.75) is 82.7 Å². The topological polar surface area (TPSA) is 66.4 Å². The van der Waals surface area contributed by atoms with E-state index in [2.05, 4.69) is 31.1 Å². The summed E-state index contributed by atoms with van der Waals surface area (Å²) in [4.78, 5) is 0. The summed E-state index contributed by atoms with van der Waals surface area (Å²) in [6.07, 6.45) is -4.31. The molecule has 1 heterocycles. The number of benzene rings is 4. The molecule has 0 radical (unpaired) electrons. The van der Waals surface area contributed by atoms with Crippen molar-refractivity contribution >= 4 is 8.07 Å². The quantitative estimate of drug-likeness (QED) is 0.118. The fourth-order valence-electron chi connectivity index (χ4n) is 5.45. The Morgan fingerprint density at radius 2 is 1.00 bits per heavy atom. The molecule has 246 valence electrons. The lowest BCUT2D eigenvalue weighted by Crippen LogP contribution is -2.63. The third-order valence-corrected chi connectivity index (χ3v) is 8.72. The van der Waals surface area contributed by atoms with Gasteiger partial charge in [-0.1, -0.05) is 147 Å². The molecule has 1 aliphatic heterocycles. The third-order valence-electron chi connectivity index (χ3n) is 7.83. The first-order valence-corrected chi connectivity index (χ1v) is 19.8. The zero-order valence-corrected chi connectivity index (χ0v) is 28.5. The average Bonchev–Trinajstić information content (AvgIpc) is 3.09. The molecule has 7 heteroatoms. The molecule has 1 saturated heterocycles. The van der Waals surface area contributed by atoms with Crippen LogP contribution in [0.1, 0.15) is 22.3 Å².